The van der Waals surface area contributed by atoms with Gasteiger partial charge in [0.25, 0.3) is 0 Å². The molecule has 0 aromatic rings. The molecule has 0 spiro atoms. The molecule has 0 amide bonds. The Hall–Kier alpha value is -1.94. The maximum atomic E-state index is 13.1. The lowest BCUT2D eigenvalue weighted by Gasteiger charge is -2.21. The van der Waals surface area contributed by atoms with Crippen molar-refractivity contribution in [2.75, 3.05) is 39.6 Å². The second-order valence-electron chi connectivity index (χ2n) is 31.3. The third kappa shape index (κ3) is 76.3. The van der Waals surface area contributed by atoms with Crippen molar-refractivity contribution in [1.29, 1.82) is 0 Å². The van der Waals surface area contributed by atoms with Gasteiger partial charge in [0.15, 0.2) is 12.2 Å². The number of hydrogen-bond acceptors (Lipinski definition) is 15. The first-order chi connectivity index (χ1) is 49.2. The van der Waals surface area contributed by atoms with E-state index in [2.05, 4.69) is 48.5 Å². The Morgan fingerprint density at radius 1 is 0.265 bits per heavy atom. The minimum absolute atomic E-state index is 0.106. The molecular weight excluding hydrogens is 1330 g/mol. The van der Waals surface area contributed by atoms with Gasteiger partial charge in [0, 0.05) is 25.7 Å². The van der Waals surface area contributed by atoms with Crippen LogP contribution in [0.15, 0.2) is 0 Å². The van der Waals surface area contributed by atoms with Crippen LogP contribution in [0.1, 0.15) is 434 Å². The Kier molecular flexibility index (Phi) is 71.8. The molecule has 606 valence electrons. The van der Waals surface area contributed by atoms with E-state index < -0.39 is 97.5 Å². The highest BCUT2D eigenvalue weighted by molar-refractivity contribution is 7.47. The molecule has 0 bridgehead atoms. The molecule has 5 atom stereocenters. The van der Waals surface area contributed by atoms with Crippen molar-refractivity contribution in [3.8, 4) is 0 Å². The highest BCUT2D eigenvalue weighted by Crippen LogP contribution is 2.45. The zero-order chi connectivity index (χ0) is 75.1. The van der Waals surface area contributed by atoms with Crippen molar-refractivity contribution in [2.45, 2.75) is 452 Å². The van der Waals surface area contributed by atoms with E-state index in [1.165, 1.54) is 238 Å². The number of carbonyl (C=O) groups excluding carboxylic acids is 4. The molecule has 0 aromatic heterocycles. The zero-order valence-corrected chi connectivity index (χ0v) is 68.9. The van der Waals surface area contributed by atoms with E-state index in [9.17, 15) is 43.2 Å². The van der Waals surface area contributed by atoms with Crippen LogP contribution in [0.2, 0.25) is 0 Å². The van der Waals surface area contributed by atoms with Crippen LogP contribution in [0.4, 0.5) is 0 Å². The van der Waals surface area contributed by atoms with Gasteiger partial charge in [-0.3, -0.25) is 37.3 Å². The molecule has 0 rings (SSSR count). The molecule has 19 heteroatoms. The predicted molar refractivity (Wildman–Crippen MR) is 418 cm³/mol. The average molecular weight is 1490 g/mol. The molecule has 0 aliphatic heterocycles. The lowest BCUT2D eigenvalue weighted by molar-refractivity contribution is -0.161. The third-order valence-corrected chi connectivity index (χ3v) is 21.3. The smallest absolute Gasteiger partial charge is 0.462 e. The van der Waals surface area contributed by atoms with Crippen LogP contribution >= 0.6 is 15.6 Å². The summed E-state index contributed by atoms with van der Waals surface area (Å²) in [6.45, 7) is 12.0. The Morgan fingerprint density at radius 3 is 0.667 bits per heavy atom. The third-order valence-electron chi connectivity index (χ3n) is 19.4. The van der Waals surface area contributed by atoms with E-state index >= 15 is 0 Å². The Morgan fingerprint density at radius 2 is 0.451 bits per heavy atom. The van der Waals surface area contributed by atoms with Gasteiger partial charge in [-0.25, -0.2) is 9.13 Å². The first-order valence-electron chi connectivity index (χ1n) is 42.8. The fourth-order valence-electron chi connectivity index (χ4n) is 12.8. The van der Waals surface area contributed by atoms with Crippen molar-refractivity contribution < 1.29 is 80.2 Å². The van der Waals surface area contributed by atoms with Crippen LogP contribution in [0.3, 0.4) is 0 Å². The normalized spacial score (nSPS) is 13.9. The molecule has 0 radical (unpaired) electrons. The molecule has 2 unspecified atom stereocenters. The number of ether oxygens (including phenoxy) is 4. The molecule has 0 aromatic carbocycles. The summed E-state index contributed by atoms with van der Waals surface area (Å²) in [5, 5.41) is 10.6. The van der Waals surface area contributed by atoms with Gasteiger partial charge in [-0.2, -0.15) is 0 Å². The van der Waals surface area contributed by atoms with Gasteiger partial charge < -0.3 is 33.8 Å². The van der Waals surface area contributed by atoms with E-state index in [0.717, 1.165) is 114 Å². The fraction of sp³-hybridized carbons (Fsp3) is 0.952. The van der Waals surface area contributed by atoms with Crippen molar-refractivity contribution >= 4 is 39.5 Å². The Bertz CT molecular complexity index is 1970. The zero-order valence-electron chi connectivity index (χ0n) is 67.1. The van der Waals surface area contributed by atoms with Gasteiger partial charge in [-0.15, -0.1) is 0 Å². The summed E-state index contributed by atoms with van der Waals surface area (Å²) in [6, 6.07) is 0. The van der Waals surface area contributed by atoms with Gasteiger partial charge in [-0.1, -0.05) is 382 Å². The second-order valence-corrected chi connectivity index (χ2v) is 34.2. The number of aliphatic hydroxyl groups excluding tert-OH is 1. The number of hydrogen-bond donors (Lipinski definition) is 3. The highest BCUT2D eigenvalue weighted by Gasteiger charge is 2.30. The summed E-state index contributed by atoms with van der Waals surface area (Å²) in [6.07, 6.45) is 62.6. The lowest BCUT2D eigenvalue weighted by Crippen LogP contribution is -2.30. The number of aliphatic hydroxyl groups is 1. The Balaban J connectivity index is 5.19. The molecule has 0 fully saturated rings. The van der Waals surface area contributed by atoms with Crippen LogP contribution in [-0.4, -0.2) is 96.7 Å². The van der Waals surface area contributed by atoms with Crippen molar-refractivity contribution in [1.82, 2.24) is 0 Å². The summed E-state index contributed by atoms with van der Waals surface area (Å²) < 4.78 is 68.7. The van der Waals surface area contributed by atoms with E-state index in [1.807, 2.05) is 0 Å². The van der Waals surface area contributed by atoms with Crippen LogP contribution in [0.5, 0.6) is 0 Å². The summed E-state index contributed by atoms with van der Waals surface area (Å²) in [5.41, 5.74) is 0. The lowest BCUT2D eigenvalue weighted by atomic mass is 10.0. The highest BCUT2D eigenvalue weighted by atomic mass is 31.2. The van der Waals surface area contributed by atoms with E-state index in [1.54, 1.807) is 0 Å². The average Bonchev–Trinajstić information content (AvgIpc) is 0.963. The molecule has 0 saturated heterocycles. The fourth-order valence-corrected chi connectivity index (χ4v) is 14.4. The molecule has 0 saturated carbocycles. The summed E-state index contributed by atoms with van der Waals surface area (Å²) in [5.74, 6) is 0.287. The monoisotopic (exact) mass is 1490 g/mol. The van der Waals surface area contributed by atoms with Crippen molar-refractivity contribution in [2.24, 2.45) is 17.8 Å². The molecular formula is C83H162O17P2. The number of phosphoric ester groups is 2. The summed E-state index contributed by atoms with van der Waals surface area (Å²) >= 11 is 0. The molecule has 0 aliphatic carbocycles. The molecule has 102 heavy (non-hydrogen) atoms. The Labute approximate surface area is 626 Å². The molecule has 0 aliphatic rings. The summed E-state index contributed by atoms with van der Waals surface area (Å²) in [7, 11) is -9.92. The van der Waals surface area contributed by atoms with Gasteiger partial charge >= 0.3 is 39.5 Å². The van der Waals surface area contributed by atoms with Gasteiger partial charge in [0.1, 0.15) is 19.3 Å². The van der Waals surface area contributed by atoms with Crippen LogP contribution < -0.4 is 0 Å². The van der Waals surface area contributed by atoms with Gasteiger partial charge in [0.2, 0.25) is 0 Å². The molecule has 17 nitrogen and oxygen atoms in total. The first-order valence-corrected chi connectivity index (χ1v) is 45.8. The van der Waals surface area contributed by atoms with Gasteiger partial charge in [0.05, 0.1) is 26.4 Å². The topological polar surface area (TPSA) is 237 Å². The maximum absolute atomic E-state index is 13.1. The molecule has 0 heterocycles. The number of phosphoric acid groups is 2. The maximum Gasteiger partial charge on any atom is 0.472 e. The van der Waals surface area contributed by atoms with E-state index in [0.29, 0.717) is 25.7 Å². The van der Waals surface area contributed by atoms with Crippen molar-refractivity contribution in [3.05, 3.63) is 0 Å². The van der Waals surface area contributed by atoms with Crippen LogP contribution in [-0.2, 0) is 65.4 Å². The second kappa shape index (κ2) is 73.2. The number of rotatable bonds is 81. The van der Waals surface area contributed by atoms with E-state index in [-0.39, 0.29) is 25.7 Å². The van der Waals surface area contributed by atoms with E-state index in [4.69, 9.17) is 37.0 Å². The van der Waals surface area contributed by atoms with Crippen LogP contribution in [0.25, 0.3) is 0 Å². The van der Waals surface area contributed by atoms with Gasteiger partial charge in [-0.05, 0) is 43.4 Å². The number of unbranched alkanes of at least 4 members (excludes halogenated alkanes) is 49. The number of carbonyl (C=O) groups is 4. The quantitative estimate of drug-likeness (QED) is 0.0222. The summed E-state index contributed by atoms with van der Waals surface area (Å²) in [4.78, 5) is 73.0. The molecule has 3 N–H and O–H groups in total. The van der Waals surface area contributed by atoms with Crippen molar-refractivity contribution in [3.63, 3.8) is 0 Å². The predicted octanol–water partition coefficient (Wildman–Crippen LogP) is 24.9. The SMILES string of the molecule is CCCCCCCCCCC(=O)OC[C@H](COP(=O)(O)OC[C@H](O)COP(=O)(O)OC[C@@H](COC(=O)CCCCCCCCCCCCCCCCCCC(C)C)OC(=O)CCCCCCCCCCCCCCCCCCCCC(C)C)OC(=O)CCCCCCCCCCCCCC(C)C. The largest absolute Gasteiger partial charge is 0.472 e. The van der Waals surface area contributed by atoms with Crippen LogP contribution in [0, 0.1) is 17.8 Å². The standard InChI is InChI=1S/C83H162O17P2/c1-8-9-10-11-12-43-50-57-64-80(85)93-70-78(99-83(88)67-60-53-46-39-33-27-30-36-42-49-56-63-76(6)7)72-97-101(89,90)95-68-77(84)69-96-102(91,92)98-73-79(71-94-81(86)65-58-51-44-37-31-25-21-18-17-20-24-29-35-41-48-55-62-75(4)5)100-82(87)66-59-52-45-38-32-26-22-16-14-13-15-19-23-28-34-40-47-54-61-74(2)3/h74-79,84H,8-73H2,1-7H3,(H,89,90)(H,91,92)/t77-,78+,79+/m0/s1. The minimum atomic E-state index is -4.96. The first kappa shape index (κ1) is 100. The number of esters is 4. The minimum Gasteiger partial charge on any atom is -0.462 e.